The highest BCUT2D eigenvalue weighted by Gasteiger charge is 2.21. The van der Waals surface area contributed by atoms with Gasteiger partial charge in [-0.25, -0.2) is 0 Å². The molecule has 3 nitrogen and oxygen atoms in total. The summed E-state index contributed by atoms with van der Waals surface area (Å²) in [7, 11) is 0. The normalized spacial score (nSPS) is 20.5. The maximum absolute atomic E-state index is 11.6. The standard InChI is InChI=1S/C10H13ClN2OS/c11-9-2-1-8(15-9)6-13-10(14)7-3-4-12-5-7/h1-2,7,12H,3-6H2,(H,13,14)/t7-/m0/s1. The number of hydrogen-bond acceptors (Lipinski definition) is 3. The topological polar surface area (TPSA) is 41.1 Å². The lowest BCUT2D eigenvalue weighted by molar-refractivity contribution is -0.124. The van der Waals surface area contributed by atoms with Crippen LogP contribution in [0.1, 0.15) is 11.3 Å². The molecule has 1 saturated heterocycles. The second kappa shape index (κ2) is 4.96. The molecule has 0 spiro atoms. The van der Waals surface area contributed by atoms with E-state index in [-0.39, 0.29) is 11.8 Å². The first-order valence-electron chi connectivity index (χ1n) is 4.98. The van der Waals surface area contributed by atoms with Crippen LogP contribution < -0.4 is 10.6 Å². The molecule has 0 radical (unpaired) electrons. The second-order valence-corrected chi connectivity index (χ2v) is 5.41. The van der Waals surface area contributed by atoms with Gasteiger partial charge in [-0.1, -0.05) is 11.6 Å². The minimum absolute atomic E-state index is 0.139. The smallest absolute Gasteiger partial charge is 0.224 e. The van der Waals surface area contributed by atoms with Crippen molar-refractivity contribution in [3.8, 4) is 0 Å². The molecule has 0 saturated carbocycles. The Labute approximate surface area is 97.8 Å². The van der Waals surface area contributed by atoms with Gasteiger partial charge in [-0.05, 0) is 25.1 Å². The van der Waals surface area contributed by atoms with Crippen molar-refractivity contribution in [1.29, 1.82) is 0 Å². The molecular formula is C10H13ClN2OS. The number of rotatable bonds is 3. The maximum Gasteiger partial charge on any atom is 0.224 e. The third-order valence-corrected chi connectivity index (χ3v) is 3.73. The monoisotopic (exact) mass is 244 g/mol. The Hall–Kier alpha value is -0.580. The van der Waals surface area contributed by atoms with Crippen molar-refractivity contribution in [2.24, 2.45) is 5.92 Å². The summed E-state index contributed by atoms with van der Waals surface area (Å²) in [5.41, 5.74) is 0. The van der Waals surface area contributed by atoms with Gasteiger partial charge < -0.3 is 10.6 Å². The molecule has 1 aromatic rings. The number of carbonyl (C=O) groups is 1. The fraction of sp³-hybridized carbons (Fsp3) is 0.500. The Bertz CT molecular complexity index is 347. The zero-order valence-electron chi connectivity index (χ0n) is 8.25. The molecule has 2 rings (SSSR count). The van der Waals surface area contributed by atoms with Crippen LogP contribution in [-0.4, -0.2) is 19.0 Å². The van der Waals surface area contributed by atoms with Crippen LogP contribution in [0, 0.1) is 5.92 Å². The highest BCUT2D eigenvalue weighted by molar-refractivity contribution is 7.16. The van der Waals surface area contributed by atoms with E-state index in [9.17, 15) is 4.79 Å². The van der Waals surface area contributed by atoms with Gasteiger partial charge in [0, 0.05) is 11.4 Å². The molecular weight excluding hydrogens is 232 g/mol. The zero-order valence-corrected chi connectivity index (χ0v) is 9.83. The molecule has 1 amide bonds. The third kappa shape index (κ3) is 2.93. The van der Waals surface area contributed by atoms with Gasteiger partial charge in [0.15, 0.2) is 0 Å². The van der Waals surface area contributed by atoms with Gasteiger partial charge in [-0.3, -0.25) is 4.79 Å². The van der Waals surface area contributed by atoms with Gasteiger partial charge in [0.25, 0.3) is 0 Å². The van der Waals surface area contributed by atoms with Crippen LogP contribution in [0.3, 0.4) is 0 Å². The fourth-order valence-electron chi connectivity index (χ4n) is 1.64. The van der Waals surface area contributed by atoms with Gasteiger partial charge in [0.1, 0.15) is 0 Å². The summed E-state index contributed by atoms with van der Waals surface area (Å²) in [4.78, 5) is 12.7. The number of thiophene rings is 1. The van der Waals surface area contributed by atoms with E-state index < -0.39 is 0 Å². The second-order valence-electron chi connectivity index (χ2n) is 3.61. The Kier molecular flexibility index (Phi) is 3.61. The molecule has 0 unspecified atom stereocenters. The van der Waals surface area contributed by atoms with E-state index in [4.69, 9.17) is 11.6 Å². The largest absolute Gasteiger partial charge is 0.351 e. The van der Waals surface area contributed by atoms with E-state index in [1.807, 2.05) is 12.1 Å². The van der Waals surface area contributed by atoms with Crippen LogP contribution >= 0.6 is 22.9 Å². The molecule has 1 aliphatic heterocycles. The molecule has 1 aliphatic rings. The van der Waals surface area contributed by atoms with Gasteiger partial charge in [-0.15, -0.1) is 11.3 Å². The lowest BCUT2D eigenvalue weighted by Gasteiger charge is -2.08. The first kappa shape index (κ1) is 10.9. The number of halogens is 1. The van der Waals surface area contributed by atoms with Crippen molar-refractivity contribution in [3.05, 3.63) is 21.3 Å². The summed E-state index contributed by atoms with van der Waals surface area (Å²) >= 11 is 7.31. The maximum atomic E-state index is 11.6. The average Bonchev–Trinajstić information content (AvgIpc) is 2.84. The SMILES string of the molecule is O=C(NCc1ccc(Cl)s1)[C@H]1CCNC1. The predicted molar refractivity (Wildman–Crippen MR) is 62.2 cm³/mol. The van der Waals surface area contributed by atoms with Gasteiger partial charge in [0.05, 0.1) is 16.8 Å². The molecule has 82 valence electrons. The zero-order chi connectivity index (χ0) is 10.7. The summed E-state index contributed by atoms with van der Waals surface area (Å²) < 4.78 is 0.766. The molecule has 2 heterocycles. The minimum atomic E-state index is 0.139. The summed E-state index contributed by atoms with van der Waals surface area (Å²) in [6.07, 6.45) is 0.941. The molecule has 1 atom stereocenters. The first-order valence-corrected chi connectivity index (χ1v) is 6.18. The minimum Gasteiger partial charge on any atom is -0.351 e. The van der Waals surface area contributed by atoms with Crippen molar-refractivity contribution in [2.45, 2.75) is 13.0 Å². The molecule has 2 N–H and O–H groups in total. The van der Waals surface area contributed by atoms with Crippen LogP contribution in [0.25, 0.3) is 0 Å². The summed E-state index contributed by atoms with van der Waals surface area (Å²) in [5.74, 6) is 0.282. The van der Waals surface area contributed by atoms with Crippen molar-refractivity contribution < 1.29 is 4.79 Å². The van der Waals surface area contributed by atoms with E-state index in [0.29, 0.717) is 6.54 Å². The van der Waals surface area contributed by atoms with E-state index >= 15 is 0 Å². The molecule has 0 aliphatic carbocycles. The highest BCUT2D eigenvalue weighted by Crippen LogP contribution is 2.21. The molecule has 15 heavy (non-hydrogen) atoms. The summed E-state index contributed by atoms with van der Waals surface area (Å²) in [6.45, 7) is 2.34. The van der Waals surface area contributed by atoms with Crippen LogP contribution in [0.15, 0.2) is 12.1 Å². The molecule has 1 aromatic heterocycles. The number of amides is 1. The number of hydrogen-bond donors (Lipinski definition) is 2. The van der Waals surface area contributed by atoms with Crippen molar-refractivity contribution in [2.75, 3.05) is 13.1 Å². The summed E-state index contributed by atoms with van der Waals surface area (Å²) in [6, 6.07) is 3.80. The highest BCUT2D eigenvalue weighted by atomic mass is 35.5. The lowest BCUT2D eigenvalue weighted by atomic mass is 10.1. The fourth-order valence-corrected chi connectivity index (χ4v) is 2.67. The molecule has 5 heteroatoms. The number of nitrogens with one attached hydrogen (secondary N) is 2. The lowest BCUT2D eigenvalue weighted by Crippen LogP contribution is -2.31. The molecule has 1 fully saturated rings. The Morgan fingerprint density at radius 3 is 3.13 bits per heavy atom. The van der Waals surface area contributed by atoms with Crippen LogP contribution in [-0.2, 0) is 11.3 Å². The predicted octanol–water partition coefficient (Wildman–Crippen LogP) is 1.63. The Morgan fingerprint density at radius 1 is 1.67 bits per heavy atom. The average molecular weight is 245 g/mol. The van der Waals surface area contributed by atoms with Crippen LogP contribution in [0.5, 0.6) is 0 Å². The van der Waals surface area contributed by atoms with Crippen LogP contribution in [0.4, 0.5) is 0 Å². The molecule has 0 aromatic carbocycles. The Morgan fingerprint density at radius 2 is 2.53 bits per heavy atom. The third-order valence-electron chi connectivity index (χ3n) is 2.50. The number of carbonyl (C=O) groups excluding carboxylic acids is 1. The Balaban J connectivity index is 1.80. The van der Waals surface area contributed by atoms with E-state index in [2.05, 4.69) is 10.6 Å². The summed E-state index contributed by atoms with van der Waals surface area (Å²) in [5, 5.41) is 6.10. The van der Waals surface area contributed by atoms with E-state index in [1.165, 1.54) is 11.3 Å². The first-order chi connectivity index (χ1) is 7.25. The van der Waals surface area contributed by atoms with Crippen LogP contribution in [0.2, 0.25) is 4.34 Å². The van der Waals surface area contributed by atoms with Crippen molar-refractivity contribution in [1.82, 2.24) is 10.6 Å². The van der Waals surface area contributed by atoms with E-state index in [0.717, 1.165) is 28.7 Å². The van der Waals surface area contributed by atoms with E-state index in [1.54, 1.807) is 0 Å². The quantitative estimate of drug-likeness (QED) is 0.849. The van der Waals surface area contributed by atoms with Gasteiger partial charge >= 0.3 is 0 Å². The van der Waals surface area contributed by atoms with Crippen molar-refractivity contribution >= 4 is 28.8 Å². The van der Waals surface area contributed by atoms with Gasteiger partial charge in [-0.2, -0.15) is 0 Å². The van der Waals surface area contributed by atoms with Gasteiger partial charge in [0.2, 0.25) is 5.91 Å². The van der Waals surface area contributed by atoms with Crippen molar-refractivity contribution in [3.63, 3.8) is 0 Å². The molecule has 0 bridgehead atoms.